The van der Waals surface area contributed by atoms with Gasteiger partial charge < -0.3 is 14.1 Å². The molecule has 4 nitrogen and oxygen atoms in total. The van der Waals surface area contributed by atoms with Crippen molar-refractivity contribution in [2.24, 2.45) is 0 Å². The lowest BCUT2D eigenvalue weighted by atomic mass is 10.1. The standard InChI is InChI=1S/C21H17Cl2F3N2O2/c1-11(10-18(12(2)22)30-21(24,25)26)16-8-9-17(29-16)20-27-13(3)19(28-20)14-4-6-15(23)7-5-14/h4-10H,1-3H3,(H,27,28)/b11-10+,18-12-. The summed E-state index contributed by atoms with van der Waals surface area (Å²) in [5, 5.41) is 0.493. The molecule has 0 atom stereocenters. The predicted octanol–water partition coefficient (Wildman–Crippen LogP) is 7.71. The Morgan fingerprint density at radius 3 is 2.40 bits per heavy atom. The number of nitrogens with zero attached hydrogens (tertiary/aromatic N) is 1. The van der Waals surface area contributed by atoms with E-state index in [1.54, 1.807) is 31.2 Å². The predicted molar refractivity (Wildman–Crippen MR) is 111 cm³/mol. The van der Waals surface area contributed by atoms with Crippen LogP contribution in [0.4, 0.5) is 13.2 Å². The Hall–Kier alpha value is -2.64. The number of H-pyrrole nitrogens is 1. The summed E-state index contributed by atoms with van der Waals surface area (Å²) in [6, 6.07) is 10.6. The maximum atomic E-state index is 12.6. The average Bonchev–Trinajstić information content (AvgIpc) is 3.27. The second-order valence-corrected chi connectivity index (χ2v) is 7.51. The largest absolute Gasteiger partial charge is 0.573 e. The molecule has 0 spiro atoms. The molecule has 0 aliphatic carbocycles. The zero-order valence-corrected chi connectivity index (χ0v) is 17.7. The van der Waals surface area contributed by atoms with Gasteiger partial charge in [-0.15, -0.1) is 13.2 Å². The van der Waals surface area contributed by atoms with Crippen molar-refractivity contribution in [3.63, 3.8) is 0 Å². The van der Waals surface area contributed by atoms with E-state index in [0.717, 1.165) is 17.0 Å². The highest BCUT2D eigenvalue weighted by atomic mass is 35.5. The average molecular weight is 457 g/mol. The number of hydrogen-bond donors (Lipinski definition) is 1. The number of aryl methyl sites for hydroxylation is 1. The molecule has 0 aliphatic heterocycles. The number of imidazole rings is 1. The van der Waals surface area contributed by atoms with Crippen molar-refractivity contribution in [2.45, 2.75) is 27.1 Å². The Kier molecular flexibility index (Phi) is 6.33. The van der Waals surface area contributed by atoms with Gasteiger partial charge in [-0.1, -0.05) is 35.3 Å². The number of alkyl halides is 3. The second-order valence-electron chi connectivity index (χ2n) is 6.50. The summed E-state index contributed by atoms with van der Waals surface area (Å²) in [5.41, 5.74) is 2.87. The van der Waals surface area contributed by atoms with Gasteiger partial charge in [-0.25, -0.2) is 4.98 Å². The van der Waals surface area contributed by atoms with Gasteiger partial charge in [0, 0.05) is 16.3 Å². The second kappa shape index (κ2) is 8.62. The summed E-state index contributed by atoms with van der Waals surface area (Å²) >= 11 is 11.7. The molecule has 0 amide bonds. The van der Waals surface area contributed by atoms with Crippen LogP contribution in [0.25, 0.3) is 28.4 Å². The fraction of sp³-hybridized carbons (Fsp3) is 0.190. The molecule has 0 aliphatic rings. The normalized spacial score (nSPS) is 13.4. The molecule has 1 aromatic carbocycles. The lowest BCUT2D eigenvalue weighted by molar-refractivity contribution is -0.303. The van der Waals surface area contributed by atoms with E-state index < -0.39 is 12.1 Å². The van der Waals surface area contributed by atoms with Gasteiger partial charge in [0.25, 0.3) is 0 Å². The molecule has 158 valence electrons. The molecule has 0 fully saturated rings. The Balaban J connectivity index is 1.88. The van der Waals surface area contributed by atoms with Gasteiger partial charge in [0.2, 0.25) is 0 Å². The van der Waals surface area contributed by atoms with Crippen LogP contribution in [0.2, 0.25) is 5.02 Å². The van der Waals surface area contributed by atoms with E-state index >= 15 is 0 Å². The fourth-order valence-corrected chi connectivity index (χ4v) is 2.95. The third kappa shape index (κ3) is 5.29. The fourth-order valence-electron chi connectivity index (χ4n) is 2.73. The van der Waals surface area contributed by atoms with Crippen molar-refractivity contribution in [1.82, 2.24) is 9.97 Å². The molecule has 0 unspecified atom stereocenters. The Morgan fingerprint density at radius 1 is 1.13 bits per heavy atom. The quantitative estimate of drug-likeness (QED) is 0.315. The Morgan fingerprint density at radius 2 is 1.80 bits per heavy atom. The first-order valence-corrected chi connectivity index (χ1v) is 9.52. The first-order valence-electron chi connectivity index (χ1n) is 8.77. The van der Waals surface area contributed by atoms with E-state index in [-0.39, 0.29) is 5.03 Å². The molecule has 9 heteroatoms. The molecule has 0 saturated heterocycles. The van der Waals surface area contributed by atoms with Crippen LogP contribution in [0.1, 0.15) is 25.3 Å². The lowest BCUT2D eigenvalue weighted by Crippen LogP contribution is -2.12. The first-order chi connectivity index (χ1) is 14.0. The molecule has 3 rings (SSSR count). The number of furan rings is 1. The summed E-state index contributed by atoms with van der Waals surface area (Å²) in [6.07, 6.45) is -3.68. The van der Waals surface area contributed by atoms with Gasteiger partial charge in [-0.2, -0.15) is 0 Å². The van der Waals surface area contributed by atoms with Crippen LogP contribution in [-0.4, -0.2) is 16.3 Å². The van der Waals surface area contributed by atoms with Crippen LogP contribution < -0.4 is 0 Å². The number of allylic oxidation sites excluding steroid dienone is 3. The third-order valence-corrected chi connectivity index (χ3v) is 4.58. The number of hydrogen-bond acceptors (Lipinski definition) is 3. The highest BCUT2D eigenvalue weighted by molar-refractivity contribution is 6.30. The molecule has 30 heavy (non-hydrogen) atoms. The van der Waals surface area contributed by atoms with Crippen LogP contribution in [0.3, 0.4) is 0 Å². The topological polar surface area (TPSA) is 51.0 Å². The number of aromatic amines is 1. The van der Waals surface area contributed by atoms with Crippen molar-refractivity contribution in [2.75, 3.05) is 0 Å². The van der Waals surface area contributed by atoms with Crippen molar-refractivity contribution in [1.29, 1.82) is 0 Å². The van der Waals surface area contributed by atoms with Gasteiger partial charge >= 0.3 is 6.36 Å². The highest BCUT2D eigenvalue weighted by Gasteiger charge is 2.32. The molecule has 2 aromatic heterocycles. The summed E-state index contributed by atoms with van der Waals surface area (Å²) in [5.74, 6) is 0.782. The van der Waals surface area contributed by atoms with Crippen LogP contribution in [0.5, 0.6) is 0 Å². The maximum absolute atomic E-state index is 12.6. The zero-order chi connectivity index (χ0) is 22.1. The maximum Gasteiger partial charge on any atom is 0.573 e. The van der Waals surface area contributed by atoms with E-state index in [4.69, 9.17) is 27.6 Å². The minimum Gasteiger partial charge on any atom is -0.453 e. The van der Waals surface area contributed by atoms with E-state index in [2.05, 4.69) is 14.7 Å². The van der Waals surface area contributed by atoms with Crippen LogP contribution in [0.15, 0.2) is 57.7 Å². The third-order valence-electron chi connectivity index (χ3n) is 4.14. The molecule has 2 heterocycles. The smallest absolute Gasteiger partial charge is 0.453 e. The van der Waals surface area contributed by atoms with Gasteiger partial charge in [0.1, 0.15) is 11.5 Å². The Labute approximate surface area is 181 Å². The number of aromatic nitrogens is 2. The number of nitrogens with one attached hydrogen (secondary N) is 1. The number of ether oxygens (including phenoxy) is 1. The Bertz CT molecular complexity index is 1110. The molecular formula is C21H17Cl2F3N2O2. The minimum atomic E-state index is -4.85. The molecule has 1 N–H and O–H groups in total. The van der Waals surface area contributed by atoms with Crippen molar-refractivity contribution >= 4 is 28.8 Å². The van der Waals surface area contributed by atoms with E-state index in [9.17, 15) is 13.2 Å². The number of halogens is 5. The molecule has 0 bridgehead atoms. The summed E-state index contributed by atoms with van der Waals surface area (Å²) in [6.45, 7) is 4.78. The van der Waals surface area contributed by atoms with Crippen LogP contribution >= 0.6 is 23.2 Å². The van der Waals surface area contributed by atoms with Crippen molar-refractivity contribution in [3.8, 4) is 22.8 Å². The van der Waals surface area contributed by atoms with Crippen LogP contribution in [0, 0.1) is 6.92 Å². The molecule has 0 radical (unpaired) electrons. The highest BCUT2D eigenvalue weighted by Crippen LogP contribution is 2.31. The van der Waals surface area contributed by atoms with Gasteiger partial charge in [-0.05, 0) is 56.7 Å². The minimum absolute atomic E-state index is 0.132. The zero-order valence-electron chi connectivity index (χ0n) is 16.2. The molecule has 0 saturated carbocycles. The summed E-state index contributed by atoms with van der Waals surface area (Å²) < 4.78 is 47.4. The number of rotatable bonds is 5. The molecular weight excluding hydrogens is 440 g/mol. The summed E-state index contributed by atoms with van der Waals surface area (Å²) in [4.78, 5) is 7.73. The lowest BCUT2D eigenvalue weighted by Gasteiger charge is -2.11. The van der Waals surface area contributed by atoms with Crippen molar-refractivity contribution < 1.29 is 22.3 Å². The van der Waals surface area contributed by atoms with Crippen molar-refractivity contribution in [3.05, 3.63) is 69.7 Å². The molecule has 3 aromatic rings. The monoisotopic (exact) mass is 456 g/mol. The number of benzene rings is 1. The summed E-state index contributed by atoms with van der Waals surface area (Å²) in [7, 11) is 0. The van der Waals surface area contributed by atoms with Gasteiger partial charge in [-0.3, -0.25) is 0 Å². The van der Waals surface area contributed by atoms with E-state index in [1.165, 1.54) is 13.0 Å². The van der Waals surface area contributed by atoms with Crippen LogP contribution in [-0.2, 0) is 4.74 Å². The van der Waals surface area contributed by atoms with E-state index in [1.807, 2.05) is 19.1 Å². The SMILES string of the molecule is C/C(Cl)=C(\C=C(/C)c1ccc(-c2nc(-c3ccc(Cl)cc3)c(C)[nH]2)o1)OC(F)(F)F. The van der Waals surface area contributed by atoms with Gasteiger partial charge in [0.05, 0.1) is 10.7 Å². The first kappa shape index (κ1) is 22.1. The van der Waals surface area contributed by atoms with E-state index in [0.29, 0.717) is 27.9 Å². The van der Waals surface area contributed by atoms with Gasteiger partial charge in [0.15, 0.2) is 11.6 Å².